The van der Waals surface area contributed by atoms with E-state index >= 15 is 0 Å². The number of aryl methyl sites for hydroxylation is 3. The van der Waals surface area contributed by atoms with Crippen LogP contribution in [0.5, 0.6) is 0 Å². The number of anilines is 1. The molecule has 2 aromatic carbocycles. The van der Waals surface area contributed by atoms with Gasteiger partial charge in [-0.15, -0.1) is 0 Å². The molecule has 34 heavy (non-hydrogen) atoms. The molecule has 8 heteroatoms. The Bertz CT molecular complexity index is 1180. The average molecular weight is 486 g/mol. The van der Waals surface area contributed by atoms with Crippen LogP contribution in [-0.2, 0) is 19.6 Å². The summed E-state index contributed by atoms with van der Waals surface area (Å²) in [5, 5.41) is 2.94. The Hall–Kier alpha value is -2.71. The Morgan fingerprint density at radius 3 is 2.29 bits per heavy atom. The number of hydrogen-bond donors (Lipinski definition) is 1. The number of amides is 2. The molecule has 1 heterocycles. The number of carbonyl (C=O) groups excluding carboxylic acids is 2. The number of nitrogens with zero attached hydrogens (tertiary/aromatic N) is 2. The molecule has 0 radical (unpaired) electrons. The van der Waals surface area contributed by atoms with Crippen LogP contribution in [0.25, 0.3) is 0 Å². The van der Waals surface area contributed by atoms with E-state index in [1.54, 1.807) is 19.1 Å². The summed E-state index contributed by atoms with van der Waals surface area (Å²) in [6.07, 6.45) is 0.782. The number of hydrogen-bond acceptors (Lipinski definition) is 4. The Morgan fingerprint density at radius 1 is 1.06 bits per heavy atom. The molecule has 1 N–H and O–H groups in total. The first-order valence-electron chi connectivity index (χ1n) is 11.6. The fraction of sp³-hybridized carbons (Fsp3) is 0.462. The van der Waals surface area contributed by atoms with Gasteiger partial charge < -0.3 is 5.32 Å². The Labute approximate surface area is 203 Å². The van der Waals surface area contributed by atoms with Gasteiger partial charge in [-0.1, -0.05) is 43.7 Å². The van der Waals surface area contributed by atoms with Crippen molar-refractivity contribution in [1.82, 2.24) is 9.62 Å². The lowest BCUT2D eigenvalue weighted by Crippen LogP contribution is -2.70. The van der Waals surface area contributed by atoms with Gasteiger partial charge in [0.05, 0.1) is 11.4 Å². The molecule has 0 saturated carbocycles. The van der Waals surface area contributed by atoms with Crippen LogP contribution in [0.1, 0.15) is 43.9 Å². The summed E-state index contributed by atoms with van der Waals surface area (Å²) in [5.41, 5.74) is 1.94. The van der Waals surface area contributed by atoms with Crippen molar-refractivity contribution in [2.75, 3.05) is 24.5 Å². The predicted molar refractivity (Wildman–Crippen MR) is 134 cm³/mol. The van der Waals surface area contributed by atoms with Crippen LogP contribution in [0.4, 0.5) is 5.69 Å². The van der Waals surface area contributed by atoms with Crippen molar-refractivity contribution in [1.29, 1.82) is 0 Å². The SMILES string of the molecule is Cc1ccc(S(=O)(=O)N2CC(=O)N(c3cc(C)ccc3C)[C@](C)(C(=O)NCCC(C)C)C2)cc1. The van der Waals surface area contributed by atoms with Crippen LogP contribution < -0.4 is 10.2 Å². The van der Waals surface area contributed by atoms with Gasteiger partial charge in [-0.25, -0.2) is 8.42 Å². The first-order valence-corrected chi connectivity index (χ1v) is 13.1. The minimum atomic E-state index is -3.97. The lowest BCUT2D eigenvalue weighted by molar-refractivity contribution is -0.132. The van der Waals surface area contributed by atoms with E-state index in [1.807, 2.05) is 39.0 Å². The first kappa shape index (κ1) is 25.9. The van der Waals surface area contributed by atoms with E-state index in [4.69, 9.17) is 0 Å². The third-order valence-corrected chi connectivity index (χ3v) is 8.11. The van der Waals surface area contributed by atoms with Gasteiger partial charge in [-0.2, -0.15) is 4.31 Å². The van der Waals surface area contributed by atoms with Gasteiger partial charge >= 0.3 is 0 Å². The predicted octanol–water partition coefficient (Wildman–Crippen LogP) is 3.57. The maximum atomic E-state index is 13.6. The highest BCUT2D eigenvalue weighted by Crippen LogP contribution is 2.34. The van der Waals surface area contributed by atoms with Crippen LogP contribution in [0, 0.1) is 26.7 Å². The molecule has 2 amide bonds. The molecule has 1 atom stereocenters. The van der Waals surface area contributed by atoms with Crippen LogP contribution in [0.3, 0.4) is 0 Å². The smallest absolute Gasteiger partial charge is 0.247 e. The second-order valence-corrected chi connectivity index (χ2v) is 11.8. The molecule has 0 unspecified atom stereocenters. The van der Waals surface area contributed by atoms with Crippen molar-refractivity contribution in [2.45, 2.75) is 58.4 Å². The summed E-state index contributed by atoms with van der Waals surface area (Å²) >= 11 is 0. The highest BCUT2D eigenvalue weighted by atomic mass is 32.2. The highest BCUT2D eigenvalue weighted by Gasteiger charge is 2.51. The summed E-state index contributed by atoms with van der Waals surface area (Å²) in [4.78, 5) is 28.7. The Morgan fingerprint density at radius 2 is 1.68 bits per heavy atom. The van der Waals surface area contributed by atoms with Gasteiger partial charge in [0, 0.05) is 18.8 Å². The number of benzene rings is 2. The molecule has 7 nitrogen and oxygen atoms in total. The van der Waals surface area contributed by atoms with E-state index in [1.165, 1.54) is 17.0 Å². The van der Waals surface area contributed by atoms with Crippen LogP contribution in [-0.4, -0.2) is 49.7 Å². The van der Waals surface area contributed by atoms with Crippen molar-refractivity contribution < 1.29 is 18.0 Å². The van der Waals surface area contributed by atoms with Crippen molar-refractivity contribution in [2.24, 2.45) is 5.92 Å². The molecular weight excluding hydrogens is 450 g/mol. The van der Waals surface area contributed by atoms with Gasteiger partial charge in [0.1, 0.15) is 5.54 Å². The molecule has 0 spiro atoms. The zero-order valence-electron chi connectivity index (χ0n) is 20.9. The molecule has 0 bridgehead atoms. The summed E-state index contributed by atoms with van der Waals surface area (Å²) in [6.45, 7) is 11.4. The maximum absolute atomic E-state index is 13.6. The molecule has 0 aromatic heterocycles. The van der Waals surface area contributed by atoms with Crippen LogP contribution in [0.2, 0.25) is 0 Å². The molecular formula is C26H35N3O4S. The van der Waals surface area contributed by atoms with E-state index < -0.39 is 21.5 Å². The largest absolute Gasteiger partial charge is 0.354 e. The molecule has 1 saturated heterocycles. The molecule has 3 rings (SSSR count). The average Bonchev–Trinajstić information content (AvgIpc) is 2.75. The number of rotatable bonds is 7. The van der Waals surface area contributed by atoms with E-state index in [9.17, 15) is 18.0 Å². The summed E-state index contributed by atoms with van der Waals surface area (Å²) in [7, 11) is -3.97. The molecule has 184 valence electrons. The summed E-state index contributed by atoms with van der Waals surface area (Å²) < 4.78 is 28.0. The van der Waals surface area contributed by atoms with Gasteiger partial charge in [0.15, 0.2) is 0 Å². The Kier molecular flexibility index (Phi) is 7.53. The normalized spacial score (nSPS) is 19.5. The van der Waals surface area contributed by atoms with Crippen molar-refractivity contribution in [3.8, 4) is 0 Å². The van der Waals surface area contributed by atoms with Gasteiger partial charge in [0.25, 0.3) is 0 Å². The minimum Gasteiger partial charge on any atom is -0.354 e. The monoisotopic (exact) mass is 485 g/mol. The number of carbonyl (C=O) groups is 2. The fourth-order valence-corrected chi connectivity index (χ4v) is 5.67. The second-order valence-electron chi connectivity index (χ2n) is 9.82. The molecule has 1 aliphatic rings. The number of nitrogens with one attached hydrogen (secondary N) is 1. The first-order chi connectivity index (χ1) is 15.9. The molecule has 1 aliphatic heterocycles. The topological polar surface area (TPSA) is 86.8 Å². The van der Waals surface area contributed by atoms with Crippen LogP contribution >= 0.6 is 0 Å². The molecule has 2 aromatic rings. The maximum Gasteiger partial charge on any atom is 0.247 e. The van der Waals surface area contributed by atoms with E-state index in [0.717, 1.165) is 27.4 Å². The third-order valence-electron chi connectivity index (χ3n) is 6.30. The zero-order chi connectivity index (χ0) is 25.3. The van der Waals surface area contributed by atoms with E-state index in [0.29, 0.717) is 18.2 Å². The van der Waals surface area contributed by atoms with Crippen molar-refractivity contribution >= 4 is 27.5 Å². The minimum absolute atomic E-state index is 0.105. The Balaban J connectivity index is 2.05. The van der Waals surface area contributed by atoms with E-state index in [-0.39, 0.29) is 23.9 Å². The van der Waals surface area contributed by atoms with Crippen molar-refractivity contribution in [3.63, 3.8) is 0 Å². The summed E-state index contributed by atoms with van der Waals surface area (Å²) in [5.74, 6) is -0.405. The van der Waals surface area contributed by atoms with Crippen molar-refractivity contribution in [3.05, 3.63) is 59.2 Å². The summed E-state index contributed by atoms with van der Waals surface area (Å²) in [6, 6.07) is 12.2. The number of piperazine rings is 1. The third kappa shape index (κ3) is 5.18. The highest BCUT2D eigenvalue weighted by molar-refractivity contribution is 7.89. The van der Waals surface area contributed by atoms with Crippen LogP contribution in [0.15, 0.2) is 47.4 Å². The molecule has 1 fully saturated rings. The van der Waals surface area contributed by atoms with Gasteiger partial charge in [0.2, 0.25) is 21.8 Å². The standard InChI is InChI=1S/C26H35N3O4S/c1-18(2)13-14-27-25(31)26(6)17-28(34(32,33)22-11-8-19(3)9-12-22)16-24(30)29(26)23-15-20(4)7-10-21(23)5/h7-12,15,18H,13-14,16-17H2,1-6H3,(H,27,31)/t26-/m0/s1. The van der Waals surface area contributed by atoms with Gasteiger partial charge in [-0.05, 0) is 69.4 Å². The fourth-order valence-electron chi connectivity index (χ4n) is 4.19. The lowest BCUT2D eigenvalue weighted by atomic mass is 9.93. The number of sulfonamides is 1. The second kappa shape index (κ2) is 9.88. The lowest BCUT2D eigenvalue weighted by Gasteiger charge is -2.47. The molecule has 0 aliphatic carbocycles. The quantitative estimate of drug-likeness (QED) is 0.650. The van der Waals surface area contributed by atoms with E-state index in [2.05, 4.69) is 19.2 Å². The zero-order valence-corrected chi connectivity index (χ0v) is 21.7. The van der Waals surface area contributed by atoms with Gasteiger partial charge in [-0.3, -0.25) is 14.5 Å².